The number of aromatic amines is 1. The lowest BCUT2D eigenvalue weighted by atomic mass is 9.87. The number of benzene rings is 1. The van der Waals surface area contributed by atoms with Crippen molar-refractivity contribution in [1.29, 1.82) is 0 Å². The van der Waals surface area contributed by atoms with Crippen LogP contribution in [0.5, 0.6) is 17.2 Å². The van der Waals surface area contributed by atoms with Gasteiger partial charge in [-0.3, -0.25) is 9.59 Å². The third-order valence-corrected chi connectivity index (χ3v) is 4.93. The van der Waals surface area contributed by atoms with Gasteiger partial charge in [0.15, 0.2) is 11.5 Å². The van der Waals surface area contributed by atoms with E-state index in [2.05, 4.69) is 4.98 Å². The minimum atomic E-state index is -0.755. The molecule has 0 amide bonds. The van der Waals surface area contributed by atoms with Gasteiger partial charge < -0.3 is 23.6 Å². The summed E-state index contributed by atoms with van der Waals surface area (Å²) in [6.45, 7) is 2.47. The molecule has 28 heavy (non-hydrogen) atoms. The molecule has 1 atom stereocenters. The van der Waals surface area contributed by atoms with Crippen molar-refractivity contribution in [2.75, 3.05) is 13.2 Å². The molecular weight excluding hydrogens is 366 g/mol. The monoisotopic (exact) mass is 381 g/mol. The predicted octanol–water partition coefficient (Wildman–Crippen LogP) is 2.00. The Morgan fingerprint density at radius 3 is 2.50 bits per heavy atom. The molecule has 8 heteroatoms. The first-order valence-corrected chi connectivity index (χ1v) is 8.81. The van der Waals surface area contributed by atoms with Crippen molar-refractivity contribution in [3.8, 4) is 17.2 Å². The van der Waals surface area contributed by atoms with Crippen LogP contribution in [0, 0.1) is 6.92 Å². The maximum Gasteiger partial charge on any atom is 0.343 e. The fourth-order valence-corrected chi connectivity index (χ4v) is 3.71. The number of aryl methyl sites for hydroxylation is 1. The molecular formula is C20H15NO7. The third-order valence-electron chi connectivity index (χ3n) is 4.93. The standard InChI is InChI=1S/C20H15NO7/c1-9-4-16-18(20(24)27-9)11(7-17(22)28-16)12-5-10-6-14-15(26-3-2-25-14)8-13(10)21-19(12)23/h4-6,8,11H,2-3,7H2,1H3,(H,21,23). The summed E-state index contributed by atoms with van der Waals surface area (Å²) in [7, 11) is 0. The minimum absolute atomic E-state index is 0.125. The average Bonchev–Trinajstić information content (AvgIpc) is 2.64. The Morgan fingerprint density at radius 1 is 0.964 bits per heavy atom. The first kappa shape index (κ1) is 16.6. The number of rotatable bonds is 1. The molecule has 1 unspecified atom stereocenters. The van der Waals surface area contributed by atoms with Crippen LogP contribution >= 0.6 is 0 Å². The molecule has 0 fully saturated rings. The summed E-state index contributed by atoms with van der Waals surface area (Å²) in [4.78, 5) is 40.1. The van der Waals surface area contributed by atoms with Crippen LogP contribution in [0.2, 0.25) is 0 Å². The van der Waals surface area contributed by atoms with Crippen molar-refractivity contribution in [3.05, 3.63) is 61.9 Å². The second-order valence-corrected chi connectivity index (χ2v) is 6.79. The number of aromatic nitrogens is 1. The van der Waals surface area contributed by atoms with E-state index in [1.54, 1.807) is 25.1 Å². The van der Waals surface area contributed by atoms with Gasteiger partial charge in [0.1, 0.15) is 24.7 Å². The number of pyridine rings is 1. The number of nitrogens with one attached hydrogen (secondary N) is 1. The largest absolute Gasteiger partial charge is 0.486 e. The molecule has 4 heterocycles. The molecule has 3 aromatic rings. The highest BCUT2D eigenvalue weighted by molar-refractivity contribution is 5.84. The first-order valence-electron chi connectivity index (χ1n) is 8.81. The van der Waals surface area contributed by atoms with E-state index in [1.165, 1.54) is 6.07 Å². The van der Waals surface area contributed by atoms with E-state index in [1.807, 2.05) is 0 Å². The fourth-order valence-electron chi connectivity index (χ4n) is 3.71. The second kappa shape index (κ2) is 5.98. The Bertz CT molecular complexity index is 1250. The number of hydrogen-bond donors (Lipinski definition) is 1. The molecule has 8 nitrogen and oxygen atoms in total. The van der Waals surface area contributed by atoms with Crippen LogP contribution in [0.1, 0.15) is 29.2 Å². The smallest absolute Gasteiger partial charge is 0.343 e. The first-order chi connectivity index (χ1) is 13.5. The van der Waals surface area contributed by atoms with Crippen LogP contribution in [0.25, 0.3) is 10.9 Å². The summed E-state index contributed by atoms with van der Waals surface area (Å²) < 4.78 is 21.5. The Morgan fingerprint density at radius 2 is 1.71 bits per heavy atom. The minimum Gasteiger partial charge on any atom is -0.486 e. The summed E-state index contributed by atoms with van der Waals surface area (Å²) in [5, 5.41) is 0.704. The van der Waals surface area contributed by atoms with Gasteiger partial charge in [-0.25, -0.2) is 4.79 Å². The van der Waals surface area contributed by atoms with Crippen molar-refractivity contribution in [2.24, 2.45) is 0 Å². The lowest BCUT2D eigenvalue weighted by Crippen LogP contribution is -2.30. The molecule has 0 aliphatic carbocycles. The molecule has 0 spiro atoms. The van der Waals surface area contributed by atoms with Gasteiger partial charge in [-0.2, -0.15) is 0 Å². The van der Waals surface area contributed by atoms with Crippen LogP contribution in [0.4, 0.5) is 0 Å². The van der Waals surface area contributed by atoms with E-state index in [9.17, 15) is 14.4 Å². The quantitative estimate of drug-likeness (QED) is 0.642. The molecule has 2 aliphatic heterocycles. The van der Waals surface area contributed by atoms with E-state index in [4.69, 9.17) is 18.6 Å². The number of esters is 1. The van der Waals surface area contributed by atoms with Crippen molar-refractivity contribution in [1.82, 2.24) is 4.98 Å². The van der Waals surface area contributed by atoms with Gasteiger partial charge in [-0.05, 0) is 19.1 Å². The SMILES string of the molecule is Cc1cc2c(c(=O)o1)C(c1cc3cc4c(cc3[nH]c1=O)OCCO4)CC(=O)O2. The van der Waals surface area contributed by atoms with Crippen LogP contribution < -0.4 is 25.4 Å². The summed E-state index contributed by atoms with van der Waals surface area (Å²) >= 11 is 0. The molecule has 1 N–H and O–H groups in total. The Balaban J connectivity index is 1.72. The number of fused-ring (bicyclic) bond motifs is 3. The molecule has 5 rings (SSSR count). The lowest BCUT2D eigenvalue weighted by Gasteiger charge is -2.23. The van der Waals surface area contributed by atoms with Crippen molar-refractivity contribution in [2.45, 2.75) is 19.3 Å². The van der Waals surface area contributed by atoms with Gasteiger partial charge in [0.25, 0.3) is 5.56 Å². The molecule has 2 aliphatic rings. The molecule has 142 valence electrons. The topological polar surface area (TPSA) is 108 Å². The van der Waals surface area contributed by atoms with Gasteiger partial charge in [0.05, 0.1) is 17.5 Å². The van der Waals surface area contributed by atoms with E-state index in [0.29, 0.717) is 46.9 Å². The predicted molar refractivity (Wildman–Crippen MR) is 97.4 cm³/mol. The molecule has 0 bridgehead atoms. The van der Waals surface area contributed by atoms with E-state index in [-0.39, 0.29) is 17.7 Å². The van der Waals surface area contributed by atoms with Gasteiger partial charge in [-0.1, -0.05) is 0 Å². The fraction of sp³-hybridized carbons (Fsp3) is 0.250. The summed E-state index contributed by atoms with van der Waals surface area (Å²) in [6.07, 6.45) is -0.125. The number of H-pyrrole nitrogens is 1. The third kappa shape index (κ3) is 2.57. The summed E-state index contributed by atoms with van der Waals surface area (Å²) in [5.41, 5.74) is 0.0300. The van der Waals surface area contributed by atoms with E-state index < -0.39 is 23.1 Å². The summed E-state index contributed by atoms with van der Waals surface area (Å²) in [6, 6.07) is 6.62. The highest BCUT2D eigenvalue weighted by atomic mass is 16.6. The molecule has 0 radical (unpaired) electrons. The van der Waals surface area contributed by atoms with Gasteiger partial charge >= 0.3 is 11.6 Å². The summed E-state index contributed by atoms with van der Waals surface area (Å²) in [5.74, 6) is 0.337. The Labute approximate surface area is 157 Å². The van der Waals surface area contributed by atoms with Crippen LogP contribution in [-0.4, -0.2) is 24.2 Å². The second-order valence-electron chi connectivity index (χ2n) is 6.79. The zero-order valence-electron chi connectivity index (χ0n) is 14.9. The number of carbonyl (C=O) groups excluding carboxylic acids is 1. The number of ether oxygens (including phenoxy) is 3. The maximum absolute atomic E-state index is 12.8. The van der Waals surface area contributed by atoms with Crippen LogP contribution in [0.15, 0.2) is 38.3 Å². The van der Waals surface area contributed by atoms with Gasteiger partial charge in [-0.15, -0.1) is 0 Å². The van der Waals surface area contributed by atoms with E-state index in [0.717, 1.165) is 0 Å². The normalized spacial score (nSPS) is 17.9. The highest BCUT2D eigenvalue weighted by Gasteiger charge is 2.34. The number of carbonyl (C=O) groups is 1. The van der Waals surface area contributed by atoms with E-state index >= 15 is 0 Å². The van der Waals surface area contributed by atoms with Gasteiger partial charge in [0, 0.05) is 29.0 Å². The van der Waals surface area contributed by atoms with Crippen molar-refractivity contribution < 1.29 is 23.4 Å². The van der Waals surface area contributed by atoms with Crippen LogP contribution in [-0.2, 0) is 4.79 Å². The molecule has 2 aromatic heterocycles. The van der Waals surface area contributed by atoms with Crippen molar-refractivity contribution >= 4 is 16.9 Å². The zero-order chi connectivity index (χ0) is 19.4. The average molecular weight is 381 g/mol. The highest BCUT2D eigenvalue weighted by Crippen LogP contribution is 2.38. The number of hydrogen-bond acceptors (Lipinski definition) is 7. The van der Waals surface area contributed by atoms with Crippen LogP contribution in [0.3, 0.4) is 0 Å². The zero-order valence-corrected chi connectivity index (χ0v) is 14.9. The van der Waals surface area contributed by atoms with Gasteiger partial charge in [0.2, 0.25) is 0 Å². The molecule has 1 aromatic carbocycles. The van der Waals surface area contributed by atoms with Crippen molar-refractivity contribution in [3.63, 3.8) is 0 Å². The Hall–Kier alpha value is -3.55. The lowest BCUT2D eigenvalue weighted by molar-refractivity contribution is -0.135. The molecule has 0 saturated carbocycles. The Kier molecular flexibility index (Phi) is 3.55. The molecule has 0 saturated heterocycles. The maximum atomic E-state index is 12.8.